The number of rotatable bonds is 4. The van der Waals surface area contributed by atoms with E-state index in [2.05, 4.69) is 14.7 Å². The van der Waals surface area contributed by atoms with Gasteiger partial charge in [-0.2, -0.15) is 4.37 Å². The molecule has 0 bridgehead atoms. The molecule has 0 amide bonds. The van der Waals surface area contributed by atoms with E-state index < -0.39 is 0 Å². The van der Waals surface area contributed by atoms with Crippen molar-refractivity contribution in [1.82, 2.24) is 9.36 Å². The van der Waals surface area contributed by atoms with Gasteiger partial charge in [-0.05, 0) is 18.8 Å². The topological polar surface area (TPSA) is 58.0 Å². The number of hydrogen-bond acceptors (Lipinski definition) is 5. The first-order valence-electron chi connectivity index (χ1n) is 4.06. The maximum absolute atomic E-state index is 8.69. The average molecular weight is 185 g/mol. The van der Waals surface area contributed by atoms with Gasteiger partial charge in [0, 0.05) is 18.1 Å². The van der Waals surface area contributed by atoms with E-state index in [9.17, 15) is 0 Å². The minimum Gasteiger partial charge on any atom is -0.388 e. The first-order chi connectivity index (χ1) is 5.88. The van der Waals surface area contributed by atoms with E-state index in [1.54, 1.807) is 0 Å². The third kappa shape index (κ3) is 1.92. The highest BCUT2D eigenvalue weighted by molar-refractivity contribution is 7.09. The SMILES string of the molecule is OCc1nsc(NCC2CC2)n1. The standard InChI is InChI=1S/C7H11N3OS/c11-4-6-9-7(12-10-6)8-3-5-1-2-5/h5,11H,1-4H2,(H,8,9,10). The van der Waals surface area contributed by atoms with Crippen molar-refractivity contribution >= 4 is 16.7 Å². The predicted molar refractivity (Wildman–Crippen MR) is 47.0 cm³/mol. The lowest BCUT2D eigenvalue weighted by Gasteiger charge is -1.96. The van der Waals surface area contributed by atoms with Crippen molar-refractivity contribution in [3.63, 3.8) is 0 Å². The molecule has 1 aromatic rings. The number of anilines is 1. The van der Waals surface area contributed by atoms with E-state index in [4.69, 9.17) is 5.11 Å². The molecule has 0 aromatic carbocycles. The highest BCUT2D eigenvalue weighted by Crippen LogP contribution is 2.29. The summed E-state index contributed by atoms with van der Waals surface area (Å²) in [6.45, 7) is 0.932. The Morgan fingerprint density at radius 2 is 2.42 bits per heavy atom. The van der Waals surface area contributed by atoms with E-state index >= 15 is 0 Å². The van der Waals surface area contributed by atoms with Crippen LogP contribution in [0.1, 0.15) is 18.7 Å². The molecule has 4 nitrogen and oxygen atoms in total. The molecule has 1 saturated carbocycles. The number of nitrogens with one attached hydrogen (secondary N) is 1. The number of aromatic nitrogens is 2. The molecular weight excluding hydrogens is 174 g/mol. The lowest BCUT2D eigenvalue weighted by atomic mass is 10.4. The summed E-state index contributed by atoms with van der Waals surface area (Å²) in [6.07, 6.45) is 2.66. The van der Waals surface area contributed by atoms with Crippen LogP contribution in [0.15, 0.2) is 0 Å². The second-order valence-corrected chi connectivity index (χ2v) is 3.75. The predicted octanol–water partition coefficient (Wildman–Crippen LogP) is 0.852. The maximum atomic E-state index is 8.69. The molecule has 66 valence electrons. The van der Waals surface area contributed by atoms with Crippen LogP contribution in [0.2, 0.25) is 0 Å². The zero-order valence-corrected chi connectivity index (χ0v) is 7.47. The van der Waals surface area contributed by atoms with Gasteiger partial charge in [0.05, 0.1) is 0 Å². The van der Waals surface area contributed by atoms with E-state index in [-0.39, 0.29) is 6.61 Å². The normalized spacial score (nSPS) is 16.4. The molecule has 1 heterocycles. The lowest BCUT2D eigenvalue weighted by Crippen LogP contribution is -2.02. The van der Waals surface area contributed by atoms with Gasteiger partial charge in [-0.15, -0.1) is 0 Å². The highest BCUT2D eigenvalue weighted by atomic mass is 32.1. The van der Waals surface area contributed by atoms with Gasteiger partial charge in [-0.1, -0.05) is 0 Å². The Labute approximate surface area is 74.8 Å². The quantitative estimate of drug-likeness (QED) is 0.730. The summed E-state index contributed by atoms with van der Waals surface area (Å²) in [5.74, 6) is 1.35. The smallest absolute Gasteiger partial charge is 0.202 e. The number of aliphatic hydroxyl groups excluding tert-OH is 1. The van der Waals surface area contributed by atoms with Crippen molar-refractivity contribution in [2.24, 2.45) is 5.92 Å². The van der Waals surface area contributed by atoms with E-state index in [0.717, 1.165) is 17.6 Å². The van der Waals surface area contributed by atoms with Crippen molar-refractivity contribution in [3.05, 3.63) is 5.82 Å². The van der Waals surface area contributed by atoms with Gasteiger partial charge in [0.15, 0.2) is 5.82 Å². The van der Waals surface area contributed by atoms with E-state index in [0.29, 0.717) is 5.82 Å². The van der Waals surface area contributed by atoms with Crippen LogP contribution in [0, 0.1) is 5.92 Å². The van der Waals surface area contributed by atoms with E-state index in [1.807, 2.05) is 0 Å². The molecule has 1 aromatic heterocycles. The Balaban J connectivity index is 1.84. The molecular formula is C7H11N3OS. The Morgan fingerprint density at radius 1 is 1.58 bits per heavy atom. The maximum Gasteiger partial charge on any atom is 0.202 e. The molecule has 2 N–H and O–H groups in total. The van der Waals surface area contributed by atoms with Crippen LogP contribution in [0.25, 0.3) is 0 Å². The van der Waals surface area contributed by atoms with Gasteiger partial charge in [0.1, 0.15) is 6.61 Å². The second kappa shape index (κ2) is 3.37. The highest BCUT2D eigenvalue weighted by Gasteiger charge is 2.21. The summed E-state index contributed by atoms with van der Waals surface area (Å²) in [6, 6.07) is 0. The van der Waals surface area contributed by atoms with Gasteiger partial charge in [-0.25, -0.2) is 4.98 Å². The molecule has 12 heavy (non-hydrogen) atoms. The molecule has 1 aliphatic carbocycles. The molecule has 1 aliphatic rings. The zero-order chi connectivity index (χ0) is 8.39. The van der Waals surface area contributed by atoms with Gasteiger partial charge in [-0.3, -0.25) is 0 Å². The molecule has 0 saturated heterocycles. The monoisotopic (exact) mass is 185 g/mol. The molecule has 0 radical (unpaired) electrons. The third-order valence-corrected chi connectivity index (χ3v) is 2.56. The van der Waals surface area contributed by atoms with E-state index in [1.165, 1.54) is 24.4 Å². The van der Waals surface area contributed by atoms with Crippen LogP contribution in [-0.4, -0.2) is 21.0 Å². The van der Waals surface area contributed by atoms with Gasteiger partial charge >= 0.3 is 0 Å². The average Bonchev–Trinajstić information content (AvgIpc) is 2.81. The number of hydrogen-bond donors (Lipinski definition) is 2. The molecule has 5 heteroatoms. The van der Waals surface area contributed by atoms with Crippen LogP contribution >= 0.6 is 11.5 Å². The first kappa shape index (κ1) is 7.94. The van der Waals surface area contributed by atoms with Crippen molar-refractivity contribution in [2.45, 2.75) is 19.4 Å². The number of nitrogens with zero attached hydrogens (tertiary/aromatic N) is 2. The van der Waals surface area contributed by atoms with Crippen LogP contribution < -0.4 is 5.32 Å². The van der Waals surface area contributed by atoms with Crippen LogP contribution in [0.4, 0.5) is 5.13 Å². The Kier molecular flexibility index (Phi) is 2.23. The minimum absolute atomic E-state index is 0.0678. The van der Waals surface area contributed by atoms with Crippen LogP contribution in [-0.2, 0) is 6.61 Å². The Bertz CT molecular complexity index is 259. The lowest BCUT2D eigenvalue weighted by molar-refractivity contribution is 0.273. The fourth-order valence-electron chi connectivity index (χ4n) is 0.944. The fraction of sp³-hybridized carbons (Fsp3) is 0.714. The largest absolute Gasteiger partial charge is 0.388 e. The van der Waals surface area contributed by atoms with Gasteiger partial charge in [0.25, 0.3) is 0 Å². The van der Waals surface area contributed by atoms with Gasteiger partial charge in [0.2, 0.25) is 5.13 Å². The van der Waals surface area contributed by atoms with Gasteiger partial charge < -0.3 is 10.4 Å². The minimum atomic E-state index is -0.0678. The summed E-state index contributed by atoms with van der Waals surface area (Å²) in [5, 5.41) is 12.7. The summed E-state index contributed by atoms with van der Waals surface area (Å²) < 4.78 is 3.95. The van der Waals surface area contributed by atoms with Crippen LogP contribution in [0.5, 0.6) is 0 Å². The third-order valence-electron chi connectivity index (χ3n) is 1.85. The summed E-state index contributed by atoms with van der Waals surface area (Å²) >= 11 is 1.31. The van der Waals surface area contributed by atoms with Crippen molar-refractivity contribution in [3.8, 4) is 0 Å². The first-order valence-corrected chi connectivity index (χ1v) is 4.83. The zero-order valence-electron chi connectivity index (χ0n) is 6.66. The van der Waals surface area contributed by atoms with Crippen molar-refractivity contribution < 1.29 is 5.11 Å². The molecule has 0 unspecified atom stereocenters. The number of aliphatic hydroxyl groups is 1. The molecule has 2 rings (SSSR count). The summed E-state index contributed by atoms with van der Waals surface area (Å²) in [4.78, 5) is 4.07. The van der Waals surface area contributed by atoms with Crippen molar-refractivity contribution in [2.75, 3.05) is 11.9 Å². The summed E-state index contributed by atoms with van der Waals surface area (Å²) in [7, 11) is 0. The molecule has 0 aliphatic heterocycles. The van der Waals surface area contributed by atoms with Crippen LogP contribution in [0.3, 0.4) is 0 Å². The summed E-state index contributed by atoms with van der Waals surface area (Å²) in [5.41, 5.74) is 0. The fourth-order valence-corrected chi connectivity index (χ4v) is 1.53. The Morgan fingerprint density at radius 3 is 3.00 bits per heavy atom. The molecule has 0 spiro atoms. The molecule has 0 atom stereocenters. The Hall–Kier alpha value is -0.680. The van der Waals surface area contributed by atoms with Crippen molar-refractivity contribution in [1.29, 1.82) is 0 Å². The molecule has 1 fully saturated rings. The second-order valence-electron chi connectivity index (χ2n) is 3.00.